The third kappa shape index (κ3) is 4.11. The molecule has 2 fully saturated rings. The van der Waals surface area contributed by atoms with Crippen LogP contribution in [0.25, 0.3) is 0 Å². The minimum Gasteiger partial charge on any atom is -0.505 e. The number of carbonyl (C=O) groups excluding carboxylic acids is 1. The Morgan fingerprint density at radius 2 is 2.19 bits per heavy atom. The third-order valence-electron chi connectivity index (χ3n) is 7.16. The van der Waals surface area contributed by atoms with E-state index in [1.54, 1.807) is 10.9 Å². The summed E-state index contributed by atoms with van der Waals surface area (Å²) in [6, 6.07) is 5.70. The van der Waals surface area contributed by atoms with Crippen molar-refractivity contribution < 1.29 is 14.6 Å². The number of hydrogen-bond acceptors (Lipinski definition) is 6. The van der Waals surface area contributed by atoms with Crippen LogP contribution in [-0.4, -0.2) is 53.2 Å². The molecule has 1 saturated heterocycles. The molecule has 31 heavy (non-hydrogen) atoms. The summed E-state index contributed by atoms with van der Waals surface area (Å²) in [5, 5.41) is 12.8. The lowest BCUT2D eigenvalue weighted by atomic mass is 9.78. The number of nitrogens with one attached hydrogen (secondary N) is 1. The molecule has 4 heterocycles. The molecule has 3 aliphatic rings. The SMILES string of the molecule is CCc1cc2c(s1)CCOC21CCN(CC2CC(NC(=O)c3ncccc3O)C2)CC1. The summed E-state index contributed by atoms with van der Waals surface area (Å²) in [5.74, 6) is 0.268. The van der Waals surface area contributed by atoms with E-state index in [2.05, 4.69) is 28.2 Å². The summed E-state index contributed by atoms with van der Waals surface area (Å²) in [7, 11) is 0. The van der Waals surface area contributed by atoms with Gasteiger partial charge in [-0.05, 0) is 61.8 Å². The number of carbonyl (C=O) groups is 1. The fraction of sp³-hybridized carbons (Fsp3) is 0.583. The minimum atomic E-state index is -0.283. The van der Waals surface area contributed by atoms with Gasteiger partial charge in [0, 0.05) is 48.0 Å². The second-order valence-electron chi connectivity index (χ2n) is 9.18. The van der Waals surface area contributed by atoms with Gasteiger partial charge in [-0.25, -0.2) is 4.98 Å². The number of pyridine rings is 1. The number of nitrogens with zero attached hydrogens (tertiary/aromatic N) is 2. The zero-order chi connectivity index (χ0) is 21.4. The molecule has 0 unspecified atom stereocenters. The Kier molecular flexibility index (Phi) is 5.75. The molecule has 0 atom stereocenters. The first kappa shape index (κ1) is 20.9. The van der Waals surface area contributed by atoms with Crippen LogP contribution in [0.4, 0.5) is 0 Å². The van der Waals surface area contributed by atoms with Gasteiger partial charge in [-0.2, -0.15) is 0 Å². The van der Waals surface area contributed by atoms with Crippen molar-refractivity contribution >= 4 is 17.2 Å². The molecule has 1 amide bonds. The molecule has 2 aromatic heterocycles. The topological polar surface area (TPSA) is 74.7 Å². The maximum Gasteiger partial charge on any atom is 0.273 e. The average molecular weight is 442 g/mol. The van der Waals surface area contributed by atoms with Crippen molar-refractivity contribution in [2.75, 3.05) is 26.2 Å². The molecular formula is C24H31N3O3S. The Morgan fingerprint density at radius 3 is 2.94 bits per heavy atom. The smallest absolute Gasteiger partial charge is 0.273 e. The van der Waals surface area contributed by atoms with Crippen LogP contribution in [0.15, 0.2) is 24.4 Å². The highest BCUT2D eigenvalue weighted by Gasteiger charge is 2.42. The lowest BCUT2D eigenvalue weighted by Crippen LogP contribution is -2.51. The highest BCUT2D eigenvalue weighted by molar-refractivity contribution is 7.12. The molecule has 2 N–H and O–H groups in total. The summed E-state index contributed by atoms with van der Waals surface area (Å²) < 4.78 is 6.40. The van der Waals surface area contributed by atoms with E-state index < -0.39 is 0 Å². The summed E-state index contributed by atoms with van der Waals surface area (Å²) >= 11 is 1.98. The molecule has 2 aromatic rings. The van der Waals surface area contributed by atoms with E-state index in [0.717, 1.165) is 64.8 Å². The van der Waals surface area contributed by atoms with Gasteiger partial charge in [0.1, 0.15) is 5.75 Å². The number of ether oxygens (including phenoxy) is 1. The maximum atomic E-state index is 12.3. The average Bonchev–Trinajstić information content (AvgIpc) is 3.19. The van der Waals surface area contributed by atoms with Crippen LogP contribution in [0.1, 0.15) is 58.4 Å². The molecule has 1 aliphatic carbocycles. The van der Waals surface area contributed by atoms with Gasteiger partial charge in [0.2, 0.25) is 0 Å². The number of hydrogen-bond donors (Lipinski definition) is 2. The van der Waals surface area contributed by atoms with Crippen LogP contribution >= 0.6 is 11.3 Å². The van der Waals surface area contributed by atoms with Crippen molar-refractivity contribution in [3.05, 3.63) is 45.4 Å². The zero-order valence-corrected chi connectivity index (χ0v) is 18.9. The van der Waals surface area contributed by atoms with Gasteiger partial charge in [0.25, 0.3) is 5.91 Å². The number of piperidine rings is 1. The van der Waals surface area contributed by atoms with Crippen LogP contribution in [0.2, 0.25) is 0 Å². The van der Waals surface area contributed by atoms with Crippen molar-refractivity contribution in [3.8, 4) is 5.75 Å². The van der Waals surface area contributed by atoms with Crippen LogP contribution in [0, 0.1) is 5.92 Å². The molecule has 0 aromatic carbocycles. The fourth-order valence-electron chi connectivity index (χ4n) is 5.35. The molecule has 1 spiro atoms. The first-order chi connectivity index (χ1) is 15.1. The van der Waals surface area contributed by atoms with Crippen molar-refractivity contribution in [1.29, 1.82) is 0 Å². The van der Waals surface area contributed by atoms with Crippen molar-refractivity contribution in [2.24, 2.45) is 5.92 Å². The van der Waals surface area contributed by atoms with Gasteiger partial charge in [-0.3, -0.25) is 4.79 Å². The van der Waals surface area contributed by atoms with E-state index in [4.69, 9.17) is 4.74 Å². The Labute approximate surface area is 187 Å². The number of fused-ring (bicyclic) bond motifs is 2. The maximum absolute atomic E-state index is 12.3. The van der Waals surface area contributed by atoms with E-state index in [9.17, 15) is 9.90 Å². The van der Waals surface area contributed by atoms with Gasteiger partial charge < -0.3 is 20.1 Å². The van der Waals surface area contributed by atoms with E-state index in [0.29, 0.717) is 5.92 Å². The minimum absolute atomic E-state index is 0.0607. The second kappa shape index (κ2) is 8.52. The predicted octanol–water partition coefficient (Wildman–Crippen LogP) is 3.48. The van der Waals surface area contributed by atoms with Gasteiger partial charge in [0.15, 0.2) is 5.69 Å². The van der Waals surface area contributed by atoms with Gasteiger partial charge in [0.05, 0.1) is 12.2 Å². The predicted molar refractivity (Wildman–Crippen MR) is 121 cm³/mol. The lowest BCUT2D eigenvalue weighted by molar-refractivity contribution is -0.0995. The monoisotopic (exact) mass is 441 g/mol. The molecule has 166 valence electrons. The Bertz CT molecular complexity index is 945. The normalized spacial score (nSPS) is 25.1. The van der Waals surface area contributed by atoms with Crippen molar-refractivity contribution in [2.45, 2.75) is 57.1 Å². The van der Waals surface area contributed by atoms with Crippen molar-refractivity contribution in [3.63, 3.8) is 0 Å². The molecular weight excluding hydrogens is 410 g/mol. The van der Waals surface area contributed by atoms with Crippen LogP contribution in [0.5, 0.6) is 5.75 Å². The highest BCUT2D eigenvalue weighted by atomic mass is 32.1. The molecule has 2 aliphatic heterocycles. The standard InChI is InChI=1S/C24H31N3O3S/c1-2-18-14-19-21(31-18)5-11-30-24(19)6-9-27(10-7-24)15-16-12-17(13-16)26-23(29)22-20(28)4-3-8-25-22/h3-4,8,14,16-17,28H,2,5-7,9-13,15H2,1H3,(H,26,29). The van der Waals surface area contributed by atoms with Crippen LogP contribution in [0.3, 0.4) is 0 Å². The number of likely N-dealkylation sites (tertiary alicyclic amines) is 1. The number of amides is 1. The Hall–Kier alpha value is -1.96. The highest BCUT2D eigenvalue weighted by Crippen LogP contribution is 2.45. The van der Waals surface area contributed by atoms with Crippen molar-refractivity contribution in [1.82, 2.24) is 15.2 Å². The number of thiophene rings is 1. The number of aryl methyl sites for hydroxylation is 1. The first-order valence-electron chi connectivity index (χ1n) is 11.5. The molecule has 7 heteroatoms. The molecule has 5 rings (SSSR count). The fourth-order valence-corrected chi connectivity index (χ4v) is 6.53. The lowest BCUT2D eigenvalue weighted by Gasteiger charge is -2.46. The van der Waals surface area contributed by atoms with Gasteiger partial charge in [-0.1, -0.05) is 6.92 Å². The molecule has 6 nitrogen and oxygen atoms in total. The number of aromatic nitrogens is 1. The van der Waals surface area contributed by atoms with Crippen LogP contribution < -0.4 is 5.32 Å². The van der Waals surface area contributed by atoms with Crippen LogP contribution in [-0.2, 0) is 23.2 Å². The summed E-state index contributed by atoms with van der Waals surface area (Å²) in [4.78, 5) is 21.9. The summed E-state index contributed by atoms with van der Waals surface area (Å²) in [5.41, 5.74) is 1.53. The van der Waals surface area contributed by atoms with E-state index in [1.807, 2.05) is 11.3 Å². The second-order valence-corrected chi connectivity index (χ2v) is 10.4. The van der Waals surface area contributed by atoms with Gasteiger partial charge in [-0.15, -0.1) is 11.3 Å². The Morgan fingerprint density at radius 1 is 1.39 bits per heavy atom. The molecule has 0 bridgehead atoms. The quantitative estimate of drug-likeness (QED) is 0.743. The first-order valence-corrected chi connectivity index (χ1v) is 12.3. The van der Waals surface area contributed by atoms with E-state index in [-0.39, 0.29) is 29.0 Å². The Balaban J connectivity index is 1.10. The third-order valence-corrected chi connectivity index (χ3v) is 8.50. The summed E-state index contributed by atoms with van der Waals surface area (Å²) in [6.45, 7) is 6.33. The van der Waals surface area contributed by atoms with Gasteiger partial charge >= 0.3 is 0 Å². The number of rotatable bonds is 5. The summed E-state index contributed by atoms with van der Waals surface area (Å²) in [6.07, 6.45) is 7.84. The largest absolute Gasteiger partial charge is 0.505 e. The zero-order valence-electron chi connectivity index (χ0n) is 18.1. The molecule has 0 radical (unpaired) electrons. The van der Waals surface area contributed by atoms with E-state index >= 15 is 0 Å². The van der Waals surface area contributed by atoms with E-state index in [1.165, 1.54) is 22.7 Å². The molecule has 1 saturated carbocycles. The number of aromatic hydroxyl groups is 1.